The van der Waals surface area contributed by atoms with Crippen molar-refractivity contribution in [3.8, 4) is 0 Å². The van der Waals surface area contributed by atoms with Gasteiger partial charge in [-0.25, -0.2) is 0 Å². The number of piperidine rings is 1. The van der Waals surface area contributed by atoms with Gasteiger partial charge in [0, 0.05) is 23.5 Å². The van der Waals surface area contributed by atoms with Gasteiger partial charge in [0.1, 0.15) is 0 Å². The van der Waals surface area contributed by atoms with Crippen LogP contribution in [0.25, 0.3) is 10.9 Å². The molecule has 5 nitrogen and oxygen atoms in total. The molecule has 5 heteroatoms. The molecule has 1 aromatic heterocycles. The van der Waals surface area contributed by atoms with Crippen molar-refractivity contribution in [1.82, 2.24) is 20.4 Å². The zero-order valence-electron chi connectivity index (χ0n) is 12.4. The number of nitrogens with one attached hydrogen (secondary N) is 2. The van der Waals surface area contributed by atoms with Crippen LogP contribution in [0.4, 0.5) is 0 Å². The van der Waals surface area contributed by atoms with E-state index in [1.54, 1.807) is 6.20 Å². The molecule has 1 saturated heterocycles. The normalized spacial score (nSPS) is 16.2. The first-order chi connectivity index (χ1) is 10.3. The van der Waals surface area contributed by atoms with Gasteiger partial charge in [-0.3, -0.25) is 9.89 Å². The van der Waals surface area contributed by atoms with E-state index in [1.807, 2.05) is 18.2 Å². The number of rotatable bonds is 4. The Morgan fingerprint density at radius 3 is 2.95 bits per heavy atom. The lowest BCUT2D eigenvalue weighted by Crippen LogP contribution is -2.46. The Morgan fingerprint density at radius 1 is 1.38 bits per heavy atom. The molecule has 0 unspecified atom stereocenters. The van der Waals surface area contributed by atoms with E-state index in [2.05, 4.69) is 27.3 Å². The molecule has 1 aliphatic rings. The number of amides is 1. The van der Waals surface area contributed by atoms with Crippen LogP contribution in [0.15, 0.2) is 24.4 Å². The Balaban J connectivity index is 1.84. The Kier molecular flexibility index (Phi) is 4.20. The van der Waals surface area contributed by atoms with E-state index in [4.69, 9.17) is 0 Å². The summed E-state index contributed by atoms with van der Waals surface area (Å²) in [6, 6.07) is 6.13. The quantitative estimate of drug-likeness (QED) is 0.905. The molecule has 1 aliphatic heterocycles. The predicted octanol–water partition coefficient (Wildman–Crippen LogP) is 2.17. The summed E-state index contributed by atoms with van der Waals surface area (Å²) in [4.78, 5) is 14.9. The van der Waals surface area contributed by atoms with E-state index in [-0.39, 0.29) is 5.91 Å². The van der Waals surface area contributed by atoms with Crippen molar-refractivity contribution in [2.45, 2.75) is 32.2 Å². The highest BCUT2D eigenvalue weighted by molar-refractivity contribution is 5.97. The summed E-state index contributed by atoms with van der Waals surface area (Å²) in [6.07, 6.45) is 4.85. The van der Waals surface area contributed by atoms with E-state index < -0.39 is 0 Å². The van der Waals surface area contributed by atoms with Crippen molar-refractivity contribution in [1.29, 1.82) is 0 Å². The maximum atomic E-state index is 12.9. The van der Waals surface area contributed by atoms with Crippen LogP contribution in [-0.4, -0.2) is 46.7 Å². The average Bonchev–Trinajstić information content (AvgIpc) is 3.00. The number of fused-ring (bicyclic) bond motifs is 1. The maximum absolute atomic E-state index is 12.9. The third-order valence-corrected chi connectivity index (χ3v) is 4.16. The number of benzene rings is 1. The Morgan fingerprint density at radius 2 is 2.19 bits per heavy atom. The molecule has 1 fully saturated rings. The number of hydrogen-bond donors (Lipinski definition) is 2. The van der Waals surface area contributed by atoms with Gasteiger partial charge in [0.15, 0.2) is 0 Å². The zero-order chi connectivity index (χ0) is 14.7. The highest BCUT2D eigenvalue weighted by atomic mass is 16.2. The fraction of sp³-hybridized carbons (Fsp3) is 0.500. The monoisotopic (exact) mass is 286 g/mol. The Hall–Kier alpha value is -1.88. The van der Waals surface area contributed by atoms with Crippen molar-refractivity contribution in [2.24, 2.45) is 0 Å². The fourth-order valence-electron chi connectivity index (χ4n) is 3.05. The van der Waals surface area contributed by atoms with Crippen LogP contribution in [0, 0.1) is 0 Å². The molecule has 0 radical (unpaired) electrons. The lowest BCUT2D eigenvalue weighted by Gasteiger charge is -2.34. The summed E-state index contributed by atoms with van der Waals surface area (Å²) in [6.45, 7) is 4.94. The topological polar surface area (TPSA) is 61.0 Å². The van der Waals surface area contributed by atoms with E-state index in [0.29, 0.717) is 6.04 Å². The van der Waals surface area contributed by atoms with E-state index in [0.717, 1.165) is 55.4 Å². The number of carbonyl (C=O) groups is 1. The van der Waals surface area contributed by atoms with Crippen molar-refractivity contribution in [2.75, 3.05) is 19.6 Å². The molecule has 0 saturated carbocycles. The molecular weight excluding hydrogens is 264 g/mol. The summed E-state index contributed by atoms with van der Waals surface area (Å²) in [5, 5.41) is 11.3. The molecule has 3 rings (SSSR count). The van der Waals surface area contributed by atoms with Crippen molar-refractivity contribution >= 4 is 16.8 Å². The summed E-state index contributed by atoms with van der Waals surface area (Å²) >= 11 is 0. The molecule has 2 N–H and O–H groups in total. The van der Waals surface area contributed by atoms with E-state index in [9.17, 15) is 4.79 Å². The molecule has 0 atom stereocenters. The largest absolute Gasteiger partial charge is 0.336 e. The van der Waals surface area contributed by atoms with Crippen molar-refractivity contribution in [3.05, 3.63) is 30.0 Å². The summed E-state index contributed by atoms with van der Waals surface area (Å²) in [7, 11) is 0. The van der Waals surface area contributed by atoms with Crippen LogP contribution < -0.4 is 5.32 Å². The zero-order valence-corrected chi connectivity index (χ0v) is 12.4. The van der Waals surface area contributed by atoms with Crippen LogP contribution in [0.5, 0.6) is 0 Å². The van der Waals surface area contributed by atoms with Crippen LogP contribution in [0.2, 0.25) is 0 Å². The lowest BCUT2D eigenvalue weighted by molar-refractivity contribution is 0.0643. The average molecular weight is 286 g/mol. The number of nitrogens with zero attached hydrogens (tertiary/aromatic N) is 2. The number of aromatic amines is 1. The summed E-state index contributed by atoms with van der Waals surface area (Å²) in [5.74, 6) is 0.139. The molecule has 2 heterocycles. The number of carbonyl (C=O) groups excluding carboxylic acids is 1. The van der Waals surface area contributed by atoms with Gasteiger partial charge in [-0.1, -0.05) is 13.0 Å². The third-order valence-electron chi connectivity index (χ3n) is 4.16. The second-order valence-corrected chi connectivity index (χ2v) is 5.65. The third kappa shape index (κ3) is 2.93. The molecule has 0 bridgehead atoms. The SMILES string of the molecule is CCCN(C(=O)c1ccc2cn[nH]c2c1)C1CCNCC1. The van der Waals surface area contributed by atoms with Gasteiger partial charge in [0.2, 0.25) is 0 Å². The molecule has 21 heavy (non-hydrogen) atoms. The summed E-state index contributed by atoms with van der Waals surface area (Å²) < 4.78 is 0. The van der Waals surface area contributed by atoms with Gasteiger partial charge in [0.25, 0.3) is 5.91 Å². The first-order valence-corrected chi connectivity index (χ1v) is 7.74. The van der Waals surface area contributed by atoms with Gasteiger partial charge in [-0.15, -0.1) is 0 Å². The van der Waals surface area contributed by atoms with Crippen LogP contribution in [0.1, 0.15) is 36.5 Å². The second kappa shape index (κ2) is 6.26. The number of hydrogen-bond acceptors (Lipinski definition) is 3. The minimum atomic E-state index is 0.139. The molecule has 2 aromatic rings. The number of H-pyrrole nitrogens is 1. The summed E-state index contributed by atoms with van der Waals surface area (Å²) in [5.41, 5.74) is 1.67. The maximum Gasteiger partial charge on any atom is 0.254 e. The molecule has 1 aromatic carbocycles. The first-order valence-electron chi connectivity index (χ1n) is 7.74. The fourth-order valence-corrected chi connectivity index (χ4v) is 3.05. The molecule has 1 amide bonds. The van der Waals surface area contributed by atoms with E-state index in [1.165, 1.54) is 0 Å². The molecule has 0 aliphatic carbocycles. The van der Waals surface area contributed by atoms with Gasteiger partial charge >= 0.3 is 0 Å². The van der Waals surface area contributed by atoms with Gasteiger partial charge in [-0.05, 0) is 44.5 Å². The lowest BCUT2D eigenvalue weighted by atomic mass is 10.0. The predicted molar refractivity (Wildman–Crippen MR) is 83.3 cm³/mol. The van der Waals surface area contributed by atoms with Crippen LogP contribution in [0.3, 0.4) is 0 Å². The van der Waals surface area contributed by atoms with Crippen molar-refractivity contribution < 1.29 is 4.79 Å². The first kappa shape index (κ1) is 14.1. The van der Waals surface area contributed by atoms with Crippen LogP contribution >= 0.6 is 0 Å². The molecule has 112 valence electrons. The minimum absolute atomic E-state index is 0.139. The Labute approximate surface area is 124 Å². The van der Waals surface area contributed by atoms with E-state index >= 15 is 0 Å². The smallest absolute Gasteiger partial charge is 0.254 e. The Bertz CT molecular complexity index is 616. The van der Waals surface area contributed by atoms with Crippen molar-refractivity contribution in [3.63, 3.8) is 0 Å². The van der Waals surface area contributed by atoms with Crippen LogP contribution in [-0.2, 0) is 0 Å². The van der Waals surface area contributed by atoms with Gasteiger partial charge in [0.05, 0.1) is 11.7 Å². The molecular formula is C16H22N4O. The minimum Gasteiger partial charge on any atom is -0.336 e. The standard InChI is InChI=1S/C16H22N4O/c1-2-9-20(14-5-7-17-8-6-14)16(21)12-3-4-13-11-18-19-15(13)10-12/h3-4,10-11,14,17H,2,5-9H2,1H3,(H,18,19). The molecule has 0 spiro atoms. The van der Waals surface area contributed by atoms with Gasteiger partial charge in [-0.2, -0.15) is 5.10 Å². The highest BCUT2D eigenvalue weighted by Gasteiger charge is 2.25. The second-order valence-electron chi connectivity index (χ2n) is 5.65. The highest BCUT2D eigenvalue weighted by Crippen LogP contribution is 2.19. The number of aromatic nitrogens is 2. The van der Waals surface area contributed by atoms with Gasteiger partial charge < -0.3 is 10.2 Å².